The number of hydrogen-bond donors (Lipinski definition) is 1. The summed E-state index contributed by atoms with van der Waals surface area (Å²) in [4.78, 5) is 0. The fraction of sp³-hybridized carbons (Fsp3) is 0.111. The van der Waals surface area contributed by atoms with Crippen LogP contribution in [0.4, 0.5) is 0 Å². The van der Waals surface area contributed by atoms with Crippen molar-refractivity contribution in [2.24, 2.45) is 0 Å². The number of quaternary nitrogens is 1. The predicted octanol–water partition coefficient (Wildman–Crippen LogP) is 3.97. The van der Waals surface area contributed by atoms with E-state index in [0.717, 1.165) is 34.6 Å². The molecule has 0 radical (unpaired) electrons. The molecule has 0 aliphatic heterocycles. The Hall–Kier alpha value is -1.84. The molecule has 0 aliphatic carbocycles. The molecule has 106 valence electrons. The van der Waals surface area contributed by atoms with Crippen LogP contribution in [0.5, 0.6) is 0 Å². The van der Waals surface area contributed by atoms with Crippen LogP contribution in [-0.2, 0) is 13.1 Å². The van der Waals surface area contributed by atoms with Gasteiger partial charge in [0.15, 0.2) is 5.76 Å². The molecule has 2 nitrogen and oxygen atoms in total. The van der Waals surface area contributed by atoms with Crippen LogP contribution in [-0.4, -0.2) is 0 Å². The van der Waals surface area contributed by atoms with Gasteiger partial charge in [-0.25, -0.2) is 0 Å². The van der Waals surface area contributed by atoms with Crippen molar-refractivity contribution >= 4 is 15.9 Å². The molecule has 0 bridgehead atoms. The predicted molar refractivity (Wildman–Crippen MR) is 87.6 cm³/mol. The lowest BCUT2D eigenvalue weighted by molar-refractivity contribution is -0.687. The molecule has 21 heavy (non-hydrogen) atoms. The Bertz CT molecular complexity index is 689. The summed E-state index contributed by atoms with van der Waals surface area (Å²) >= 11 is 3.44. The molecule has 0 saturated heterocycles. The van der Waals surface area contributed by atoms with Crippen molar-refractivity contribution in [2.45, 2.75) is 13.1 Å². The molecule has 1 aromatic heterocycles. The molecule has 0 aliphatic rings. The van der Waals surface area contributed by atoms with Gasteiger partial charge in [-0.1, -0.05) is 58.4 Å². The first-order valence-corrected chi connectivity index (χ1v) is 7.81. The smallest absolute Gasteiger partial charge is 0.158 e. The van der Waals surface area contributed by atoms with E-state index < -0.39 is 0 Å². The molecule has 3 heteroatoms. The average Bonchev–Trinajstić information content (AvgIpc) is 2.98. The topological polar surface area (TPSA) is 29.8 Å². The number of benzene rings is 2. The Morgan fingerprint density at radius 3 is 2.33 bits per heavy atom. The highest BCUT2D eigenvalue weighted by atomic mass is 79.9. The molecule has 2 N–H and O–H groups in total. The van der Waals surface area contributed by atoms with Crippen LogP contribution in [0.15, 0.2) is 75.6 Å². The van der Waals surface area contributed by atoms with Crippen molar-refractivity contribution in [1.82, 2.24) is 0 Å². The summed E-state index contributed by atoms with van der Waals surface area (Å²) in [6.45, 7) is 1.82. The van der Waals surface area contributed by atoms with Crippen LogP contribution < -0.4 is 5.32 Å². The molecule has 0 fully saturated rings. The first-order valence-electron chi connectivity index (χ1n) is 7.01. The molecular weight excluding hydrogens is 326 g/mol. The highest BCUT2D eigenvalue weighted by molar-refractivity contribution is 9.10. The number of hydrogen-bond acceptors (Lipinski definition) is 1. The minimum absolute atomic E-state index is 0.853. The molecule has 0 spiro atoms. The van der Waals surface area contributed by atoms with E-state index in [1.165, 1.54) is 5.56 Å². The van der Waals surface area contributed by atoms with E-state index in [1.807, 2.05) is 24.3 Å². The summed E-state index contributed by atoms with van der Waals surface area (Å²) < 4.78 is 6.98. The Morgan fingerprint density at radius 2 is 1.57 bits per heavy atom. The Labute approximate surface area is 132 Å². The second-order valence-corrected chi connectivity index (χ2v) is 5.87. The second kappa shape index (κ2) is 6.74. The SMILES string of the molecule is Brc1ccc(-c2ccc(C[NH2+]Cc3ccccc3)o2)cc1. The second-order valence-electron chi connectivity index (χ2n) is 4.96. The fourth-order valence-electron chi connectivity index (χ4n) is 2.25. The van der Waals surface area contributed by atoms with Gasteiger partial charge in [-0.05, 0) is 24.3 Å². The van der Waals surface area contributed by atoms with Gasteiger partial charge in [-0.2, -0.15) is 0 Å². The lowest BCUT2D eigenvalue weighted by Gasteiger charge is -2.00. The number of nitrogens with two attached hydrogens (primary N) is 1. The lowest BCUT2D eigenvalue weighted by atomic mass is 10.2. The molecule has 0 unspecified atom stereocenters. The van der Waals surface area contributed by atoms with E-state index in [-0.39, 0.29) is 0 Å². The van der Waals surface area contributed by atoms with E-state index in [4.69, 9.17) is 4.42 Å². The zero-order chi connectivity index (χ0) is 14.5. The first-order chi connectivity index (χ1) is 10.3. The zero-order valence-corrected chi connectivity index (χ0v) is 13.2. The highest BCUT2D eigenvalue weighted by Gasteiger charge is 2.06. The fourth-order valence-corrected chi connectivity index (χ4v) is 2.52. The van der Waals surface area contributed by atoms with Gasteiger partial charge in [0.2, 0.25) is 0 Å². The largest absolute Gasteiger partial charge is 0.455 e. The van der Waals surface area contributed by atoms with E-state index in [1.54, 1.807) is 0 Å². The zero-order valence-electron chi connectivity index (χ0n) is 11.6. The lowest BCUT2D eigenvalue weighted by Crippen LogP contribution is -2.80. The normalized spacial score (nSPS) is 10.7. The maximum Gasteiger partial charge on any atom is 0.158 e. The summed E-state index contributed by atoms with van der Waals surface area (Å²) in [5, 5.41) is 2.25. The molecule has 0 saturated carbocycles. The monoisotopic (exact) mass is 342 g/mol. The van der Waals surface area contributed by atoms with Crippen molar-refractivity contribution < 1.29 is 9.73 Å². The van der Waals surface area contributed by atoms with Gasteiger partial charge < -0.3 is 9.73 Å². The summed E-state index contributed by atoms with van der Waals surface area (Å²) in [5.74, 6) is 1.93. The van der Waals surface area contributed by atoms with Crippen LogP contribution in [0.3, 0.4) is 0 Å². The molecule has 3 aromatic rings. The van der Waals surface area contributed by atoms with Crippen molar-refractivity contribution in [3.8, 4) is 11.3 Å². The molecule has 1 heterocycles. The van der Waals surface area contributed by atoms with Crippen molar-refractivity contribution in [3.63, 3.8) is 0 Å². The van der Waals surface area contributed by atoms with Crippen molar-refractivity contribution in [1.29, 1.82) is 0 Å². The third kappa shape index (κ3) is 3.84. The quantitative estimate of drug-likeness (QED) is 0.746. The Morgan fingerprint density at radius 1 is 0.810 bits per heavy atom. The minimum atomic E-state index is 0.853. The minimum Gasteiger partial charge on any atom is -0.455 e. The molecule has 3 rings (SSSR count). The molecule has 0 amide bonds. The van der Waals surface area contributed by atoms with Gasteiger partial charge in [-0.3, -0.25) is 0 Å². The van der Waals surface area contributed by atoms with E-state index in [0.29, 0.717) is 0 Å². The standard InChI is InChI=1S/C18H16BrNO/c19-16-8-6-15(7-9-16)18-11-10-17(21-18)13-20-12-14-4-2-1-3-5-14/h1-11,20H,12-13H2/p+1. The van der Waals surface area contributed by atoms with Gasteiger partial charge in [0, 0.05) is 15.6 Å². The van der Waals surface area contributed by atoms with E-state index in [9.17, 15) is 0 Å². The van der Waals surface area contributed by atoms with E-state index in [2.05, 4.69) is 63.7 Å². The van der Waals surface area contributed by atoms with Crippen LogP contribution in [0.1, 0.15) is 11.3 Å². The van der Waals surface area contributed by atoms with Crippen LogP contribution in [0.2, 0.25) is 0 Å². The van der Waals surface area contributed by atoms with Crippen molar-refractivity contribution in [3.05, 3.63) is 82.5 Å². The maximum absolute atomic E-state index is 5.90. The highest BCUT2D eigenvalue weighted by Crippen LogP contribution is 2.23. The first kappa shape index (κ1) is 14.1. The summed E-state index contributed by atoms with van der Waals surface area (Å²) in [6.07, 6.45) is 0. The molecule has 0 atom stereocenters. The van der Waals surface area contributed by atoms with E-state index >= 15 is 0 Å². The maximum atomic E-state index is 5.90. The third-order valence-corrected chi connectivity index (χ3v) is 3.89. The van der Waals surface area contributed by atoms with Crippen LogP contribution in [0.25, 0.3) is 11.3 Å². The van der Waals surface area contributed by atoms with Gasteiger partial charge >= 0.3 is 0 Å². The Balaban J connectivity index is 1.59. The summed E-state index contributed by atoms with van der Waals surface area (Å²) in [6, 6.07) is 22.7. The Kier molecular flexibility index (Phi) is 4.53. The van der Waals surface area contributed by atoms with Gasteiger partial charge in [0.1, 0.15) is 18.8 Å². The number of rotatable bonds is 5. The number of furan rings is 1. The average molecular weight is 343 g/mol. The van der Waals surface area contributed by atoms with Crippen LogP contribution >= 0.6 is 15.9 Å². The van der Waals surface area contributed by atoms with Crippen LogP contribution in [0, 0.1) is 0 Å². The summed E-state index contributed by atoms with van der Waals surface area (Å²) in [5.41, 5.74) is 2.43. The molecular formula is C18H17BrNO+. The van der Waals surface area contributed by atoms with Gasteiger partial charge in [-0.15, -0.1) is 0 Å². The van der Waals surface area contributed by atoms with Crippen molar-refractivity contribution in [2.75, 3.05) is 0 Å². The molecule has 2 aromatic carbocycles. The summed E-state index contributed by atoms with van der Waals surface area (Å²) in [7, 11) is 0. The third-order valence-electron chi connectivity index (χ3n) is 3.36. The van der Waals surface area contributed by atoms with Gasteiger partial charge in [0.25, 0.3) is 0 Å². The number of halogens is 1. The van der Waals surface area contributed by atoms with Gasteiger partial charge in [0.05, 0.1) is 0 Å².